The number of hydrogen-bond acceptors (Lipinski definition) is 6. The summed E-state index contributed by atoms with van der Waals surface area (Å²) < 4.78 is 28.7. The quantitative estimate of drug-likeness (QED) is 0.376. The average Bonchev–Trinajstić information content (AvgIpc) is 2.55. The van der Waals surface area contributed by atoms with Crippen LogP contribution in [0.3, 0.4) is 0 Å². The first-order valence-corrected chi connectivity index (χ1v) is 9.40. The minimum atomic E-state index is -3.89. The van der Waals surface area contributed by atoms with Gasteiger partial charge in [-0.15, -0.1) is 0 Å². The highest BCUT2D eigenvalue weighted by Crippen LogP contribution is 2.57. The van der Waals surface area contributed by atoms with Crippen molar-refractivity contribution in [1.29, 1.82) is 0 Å². The molecule has 0 N–H and O–H groups in total. The second kappa shape index (κ2) is 7.32. The van der Waals surface area contributed by atoms with Gasteiger partial charge >= 0.3 is 7.82 Å². The Morgan fingerprint density at radius 3 is 2.56 bits per heavy atom. The Morgan fingerprint density at radius 1 is 1.20 bits per heavy atom. The summed E-state index contributed by atoms with van der Waals surface area (Å²) in [5.41, 5.74) is 0.517. The summed E-state index contributed by atoms with van der Waals surface area (Å²) in [6, 6.07) is 10.0. The van der Waals surface area contributed by atoms with Gasteiger partial charge < -0.3 is 4.52 Å². The van der Waals surface area contributed by atoms with Crippen LogP contribution in [0.5, 0.6) is 5.75 Å². The van der Waals surface area contributed by atoms with Crippen molar-refractivity contribution in [3.8, 4) is 5.75 Å². The standard InChI is InChI=1S/C15H12Cl2NO6P/c16-10-1-6-13(14(17)9-10)15-7-8-22-25(21,24-15)23-12-4-2-11(3-5-12)18(19)20/h1-6,9,15H,7-8H2/t15-,25-/m0/s1. The molecule has 0 spiro atoms. The van der Waals surface area contributed by atoms with Gasteiger partial charge in [0.05, 0.1) is 17.6 Å². The molecule has 0 unspecified atom stereocenters. The van der Waals surface area contributed by atoms with Crippen LogP contribution in [0.4, 0.5) is 5.69 Å². The van der Waals surface area contributed by atoms with E-state index in [-0.39, 0.29) is 18.0 Å². The van der Waals surface area contributed by atoms with E-state index in [1.165, 1.54) is 24.3 Å². The maximum atomic E-state index is 12.7. The lowest BCUT2D eigenvalue weighted by Crippen LogP contribution is -2.16. The topological polar surface area (TPSA) is 87.9 Å². The number of non-ortho nitro benzene ring substituents is 1. The molecule has 1 aliphatic rings. The highest BCUT2D eigenvalue weighted by Gasteiger charge is 2.38. The summed E-state index contributed by atoms with van der Waals surface area (Å²) in [6.45, 7) is 0.147. The van der Waals surface area contributed by atoms with Gasteiger partial charge in [0, 0.05) is 34.2 Å². The van der Waals surface area contributed by atoms with Crippen LogP contribution in [0.2, 0.25) is 10.0 Å². The lowest BCUT2D eigenvalue weighted by Gasteiger charge is -2.29. The van der Waals surface area contributed by atoms with Crippen molar-refractivity contribution in [2.45, 2.75) is 12.5 Å². The van der Waals surface area contributed by atoms with Crippen molar-refractivity contribution in [2.24, 2.45) is 0 Å². The Kier molecular flexibility index (Phi) is 5.32. The summed E-state index contributed by atoms with van der Waals surface area (Å²) >= 11 is 12.0. The summed E-state index contributed by atoms with van der Waals surface area (Å²) in [4.78, 5) is 10.1. The Balaban J connectivity index is 1.77. The first-order chi connectivity index (χ1) is 11.9. The van der Waals surface area contributed by atoms with Crippen LogP contribution in [-0.4, -0.2) is 11.5 Å². The molecule has 2 atom stereocenters. The average molecular weight is 404 g/mol. The van der Waals surface area contributed by atoms with Gasteiger partial charge in [-0.3, -0.25) is 19.2 Å². The second-order valence-corrected chi connectivity index (χ2v) is 7.56. The van der Waals surface area contributed by atoms with E-state index in [0.29, 0.717) is 22.0 Å². The molecule has 1 heterocycles. The largest absolute Gasteiger partial charge is 0.530 e. The lowest BCUT2D eigenvalue weighted by atomic mass is 10.1. The zero-order valence-corrected chi connectivity index (χ0v) is 15.0. The molecule has 3 rings (SSSR count). The molecule has 132 valence electrons. The number of nitro groups is 1. The second-order valence-electron chi connectivity index (χ2n) is 5.17. The van der Waals surface area contributed by atoms with E-state index in [0.717, 1.165) is 0 Å². The third kappa shape index (κ3) is 4.32. The molecule has 0 saturated carbocycles. The zero-order valence-electron chi connectivity index (χ0n) is 12.6. The minimum absolute atomic E-state index is 0.109. The van der Waals surface area contributed by atoms with E-state index in [1.54, 1.807) is 18.2 Å². The fraction of sp³-hybridized carbons (Fsp3) is 0.200. The van der Waals surface area contributed by atoms with Crippen molar-refractivity contribution < 1.29 is 23.1 Å². The SMILES string of the molecule is O=[N+]([O-])c1ccc(O[P@]2(=O)OCC[C@@H](c3ccc(Cl)cc3Cl)O2)cc1. The molecular weight excluding hydrogens is 392 g/mol. The molecule has 25 heavy (non-hydrogen) atoms. The molecule has 10 heteroatoms. The van der Waals surface area contributed by atoms with E-state index in [2.05, 4.69) is 0 Å². The molecule has 0 aromatic heterocycles. The lowest BCUT2D eigenvalue weighted by molar-refractivity contribution is -0.384. The van der Waals surface area contributed by atoms with Crippen LogP contribution in [0.15, 0.2) is 42.5 Å². The van der Waals surface area contributed by atoms with Crippen molar-refractivity contribution in [2.75, 3.05) is 6.61 Å². The van der Waals surface area contributed by atoms with Crippen molar-refractivity contribution in [3.05, 3.63) is 68.2 Å². The fourth-order valence-electron chi connectivity index (χ4n) is 2.29. The Bertz CT molecular complexity index is 844. The monoisotopic (exact) mass is 403 g/mol. The number of hydrogen-bond donors (Lipinski definition) is 0. The van der Waals surface area contributed by atoms with Gasteiger partial charge in [0.15, 0.2) is 0 Å². The Hall–Kier alpha value is -1.63. The first kappa shape index (κ1) is 18.2. The van der Waals surface area contributed by atoms with Gasteiger partial charge in [-0.1, -0.05) is 29.3 Å². The molecule has 1 saturated heterocycles. The maximum Gasteiger partial charge on any atom is 0.530 e. The molecular formula is C15H12Cl2NO6P. The van der Waals surface area contributed by atoms with Crippen LogP contribution in [0.25, 0.3) is 0 Å². The van der Waals surface area contributed by atoms with Gasteiger partial charge in [-0.05, 0) is 24.3 Å². The molecule has 2 aromatic carbocycles. The Morgan fingerprint density at radius 2 is 1.92 bits per heavy atom. The fourth-order valence-corrected chi connectivity index (χ4v) is 4.22. The number of halogens is 2. The smallest absolute Gasteiger partial charge is 0.404 e. The molecule has 1 aliphatic heterocycles. The molecule has 7 nitrogen and oxygen atoms in total. The number of nitro benzene ring substituents is 1. The maximum absolute atomic E-state index is 12.7. The number of benzene rings is 2. The van der Waals surface area contributed by atoms with Crippen LogP contribution >= 0.6 is 31.0 Å². The molecule has 1 fully saturated rings. The Labute approximate surface area is 153 Å². The third-order valence-corrected chi connectivity index (χ3v) is 5.47. The van der Waals surface area contributed by atoms with Crippen molar-refractivity contribution in [3.63, 3.8) is 0 Å². The van der Waals surface area contributed by atoms with Crippen molar-refractivity contribution >= 4 is 36.7 Å². The van der Waals surface area contributed by atoms with E-state index in [1.807, 2.05) is 0 Å². The number of rotatable bonds is 4. The summed E-state index contributed by atoms with van der Waals surface area (Å²) in [7, 11) is -3.89. The number of nitrogens with zero attached hydrogens (tertiary/aromatic N) is 1. The predicted octanol–water partition coefficient (Wildman–Crippen LogP) is 5.57. The van der Waals surface area contributed by atoms with Gasteiger partial charge in [0.25, 0.3) is 5.69 Å². The third-order valence-electron chi connectivity index (χ3n) is 3.46. The van der Waals surface area contributed by atoms with E-state index in [9.17, 15) is 14.7 Å². The first-order valence-electron chi connectivity index (χ1n) is 7.18. The normalized spacial score (nSPS) is 23.2. The molecule has 0 amide bonds. The predicted molar refractivity (Wildman–Crippen MR) is 92.2 cm³/mol. The van der Waals surface area contributed by atoms with Crippen LogP contribution < -0.4 is 4.52 Å². The molecule has 0 radical (unpaired) electrons. The molecule has 2 aromatic rings. The number of phosphoric ester groups is 1. The number of phosphoric acid groups is 1. The summed E-state index contributed by atoms with van der Waals surface area (Å²) in [5, 5.41) is 11.5. The van der Waals surface area contributed by atoms with Gasteiger partial charge in [-0.2, -0.15) is 0 Å². The van der Waals surface area contributed by atoms with Crippen LogP contribution in [0.1, 0.15) is 18.1 Å². The summed E-state index contributed by atoms with van der Waals surface area (Å²) in [5.74, 6) is 0.136. The highest BCUT2D eigenvalue weighted by molar-refractivity contribution is 7.49. The van der Waals surface area contributed by atoms with E-state index in [4.69, 9.17) is 36.8 Å². The van der Waals surface area contributed by atoms with E-state index >= 15 is 0 Å². The van der Waals surface area contributed by atoms with E-state index < -0.39 is 18.8 Å². The van der Waals surface area contributed by atoms with Crippen LogP contribution in [0, 0.1) is 10.1 Å². The van der Waals surface area contributed by atoms with Gasteiger partial charge in [0.1, 0.15) is 5.75 Å². The van der Waals surface area contributed by atoms with Crippen molar-refractivity contribution in [1.82, 2.24) is 0 Å². The van der Waals surface area contributed by atoms with Gasteiger partial charge in [0.2, 0.25) is 0 Å². The highest BCUT2D eigenvalue weighted by atomic mass is 35.5. The summed E-state index contributed by atoms with van der Waals surface area (Å²) in [6.07, 6.45) is -0.142. The minimum Gasteiger partial charge on any atom is -0.404 e. The molecule has 0 bridgehead atoms. The molecule has 0 aliphatic carbocycles. The van der Waals surface area contributed by atoms with Crippen LogP contribution in [-0.2, 0) is 13.6 Å². The zero-order chi connectivity index (χ0) is 18.0. The van der Waals surface area contributed by atoms with Gasteiger partial charge in [-0.25, -0.2) is 4.57 Å².